The molecule has 4 nitrogen and oxygen atoms in total. The van der Waals surface area contributed by atoms with Gasteiger partial charge >= 0.3 is 0 Å². The molecule has 1 aliphatic heterocycles. The van der Waals surface area contributed by atoms with E-state index in [-0.39, 0.29) is 18.4 Å². The first-order valence-electron chi connectivity index (χ1n) is 6.40. The van der Waals surface area contributed by atoms with Crippen LogP contribution in [0.15, 0.2) is 34.1 Å². The number of thioether (sulfide) groups is 1. The van der Waals surface area contributed by atoms with Crippen molar-refractivity contribution >= 4 is 34.2 Å². The summed E-state index contributed by atoms with van der Waals surface area (Å²) in [7, 11) is -1.49. The highest BCUT2D eigenvalue weighted by Gasteiger charge is 2.30. The van der Waals surface area contributed by atoms with Gasteiger partial charge in [-0.15, -0.1) is 24.2 Å². The number of piperidine rings is 1. The Morgan fingerprint density at radius 1 is 1.35 bits per heavy atom. The van der Waals surface area contributed by atoms with E-state index in [0.717, 1.165) is 17.7 Å². The minimum absolute atomic E-state index is 0. The smallest absolute Gasteiger partial charge is 0.244 e. The average molecular weight is 337 g/mol. The Kier molecular flexibility index (Phi) is 6.81. The Bertz CT molecular complexity index is 537. The van der Waals surface area contributed by atoms with Gasteiger partial charge in [-0.3, -0.25) is 0 Å². The number of hydrogen-bond donors (Lipinski definition) is 1. The van der Waals surface area contributed by atoms with E-state index in [0.29, 0.717) is 18.0 Å². The topological polar surface area (TPSA) is 49.4 Å². The number of sulfonamides is 1. The maximum absolute atomic E-state index is 12.7. The maximum atomic E-state index is 12.7. The molecule has 20 heavy (non-hydrogen) atoms. The second-order valence-corrected chi connectivity index (χ2v) is 7.40. The number of halogens is 1. The molecule has 0 amide bonds. The summed E-state index contributed by atoms with van der Waals surface area (Å²) >= 11 is 1.47. The molecule has 0 bridgehead atoms. The van der Waals surface area contributed by atoms with Gasteiger partial charge in [-0.25, -0.2) is 8.42 Å². The van der Waals surface area contributed by atoms with Gasteiger partial charge in [-0.05, 0) is 38.3 Å². The van der Waals surface area contributed by atoms with Crippen LogP contribution in [0, 0.1) is 0 Å². The quantitative estimate of drug-likeness (QED) is 0.856. The van der Waals surface area contributed by atoms with E-state index in [9.17, 15) is 8.42 Å². The van der Waals surface area contributed by atoms with Gasteiger partial charge in [-0.1, -0.05) is 12.1 Å². The summed E-state index contributed by atoms with van der Waals surface area (Å²) in [5.74, 6) is 0. The largest absolute Gasteiger partial charge is 0.316 e. The average Bonchev–Trinajstić information content (AvgIpc) is 2.47. The first-order chi connectivity index (χ1) is 9.09. The predicted molar refractivity (Wildman–Crippen MR) is 86.3 cm³/mol. The molecule has 0 saturated carbocycles. The van der Waals surface area contributed by atoms with Crippen LogP contribution in [-0.4, -0.2) is 45.2 Å². The molecular formula is C13H21ClN2O2S2. The Morgan fingerprint density at radius 2 is 2.05 bits per heavy atom. The fraction of sp³-hybridized carbons (Fsp3) is 0.538. The van der Waals surface area contributed by atoms with Crippen molar-refractivity contribution in [3.63, 3.8) is 0 Å². The van der Waals surface area contributed by atoms with Gasteiger partial charge in [-0.2, -0.15) is 4.31 Å². The van der Waals surface area contributed by atoms with E-state index in [1.807, 2.05) is 25.4 Å². The van der Waals surface area contributed by atoms with E-state index in [4.69, 9.17) is 0 Å². The number of likely N-dealkylation sites (N-methyl/N-ethyl adjacent to an activating group) is 1. The van der Waals surface area contributed by atoms with E-state index in [1.54, 1.807) is 16.4 Å². The third-order valence-electron chi connectivity index (χ3n) is 3.48. The summed E-state index contributed by atoms with van der Waals surface area (Å²) in [6.45, 7) is 1.17. The molecule has 0 aromatic heterocycles. The lowest BCUT2D eigenvalue weighted by Gasteiger charge is -2.32. The molecule has 1 aliphatic rings. The van der Waals surface area contributed by atoms with Gasteiger partial charge in [0.25, 0.3) is 0 Å². The summed E-state index contributed by atoms with van der Waals surface area (Å²) in [4.78, 5) is 1.24. The number of hydrogen-bond acceptors (Lipinski definition) is 4. The molecule has 114 valence electrons. The molecule has 7 heteroatoms. The summed E-state index contributed by atoms with van der Waals surface area (Å²) in [6, 6.07) is 7.47. The van der Waals surface area contributed by atoms with Gasteiger partial charge in [0.1, 0.15) is 0 Å². The highest BCUT2D eigenvalue weighted by molar-refractivity contribution is 7.99. The first-order valence-corrected chi connectivity index (χ1v) is 9.06. The Balaban J connectivity index is 0.00000200. The van der Waals surface area contributed by atoms with Gasteiger partial charge in [0.05, 0.1) is 4.90 Å². The third kappa shape index (κ3) is 3.68. The van der Waals surface area contributed by atoms with Crippen LogP contribution in [0.25, 0.3) is 0 Å². The maximum Gasteiger partial charge on any atom is 0.244 e. The summed E-state index contributed by atoms with van der Waals surface area (Å²) in [5, 5.41) is 3.17. The van der Waals surface area contributed by atoms with Crippen molar-refractivity contribution in [2.45, 2.75) is 28.7 Å². The Morgan fingerprint density at radius 3 is 2.70 bits per heavy atom. The van der Waals surface area contributed by atoms with Gasteiger partial charge in [0.15, 0.2) is 0 Å². The summed E-state index contributed by atoms with van der Waals surface area (Å²) < 4.78 is 27.0. The van der Waals surface area contributed by atoms with Crippen LogP contribution in [0.1, 0.15) is 12.8 Å². The fourth-order valence-electron chi connectivity index (χ4n) is 2.37. The number of nitrogens with zero attached hydrogens (tertiary/aromatic N) is 1. The van der Waals surface area contributed by atoms with Crippen molar-refractivity contribution in [2.24, 2.45) is 0 Å². The van der Waals surface area contributed by atoms with Gasteiger partial charge < -0.3 is 5.32 Å². The molecule has 1 unspecified atom stereocenters. The standard InChI is InChI=1S/C13H20N2O2S2.ClH/c1-14-11-6-5-9-15(10-11)19(16,17)13-8-4-3-7-12(13)18-2;/h3-4,7-8,11,14H,5-6,9-10H2,1-2H3;1H. The highest BCUT2D eigenvalue weighted by Crippen LogP contribution is 2.28. The van der Waals surface area contributed by atoms with Crippen LogP contribution in [0.3, 0.4) is 0 Å². The monoisotopic (exact) mass is 336 g/mol. The third-order valence-corrected chi connectivity index (χ3v) is 6.33. The minimum atomic E-state index is -3.38. The molecule has 0 spiro atoms. The first kappa shape index (κ1) is 17.8. The minimum Gasteiger partial charge on any atom is -0.316 e. The van der Waals surface area contributed by atoms with E-state index in [2.05, 4.69) is 5.32 Å². The Labute approximate surface area is 131 Å². The lowest BCUT2D eigenvalue weighted by molar-refractivity contribution is 0.292. The zero-order chi connectivity index (χ0) is 13.9. The fourth-order valence-corrected chi connectivity index (χ4v) is 5.01. The van der Waals surface area contributed by atoms with Crippen molar-refractivity contribution < 1.29 is 8.42 Å². The molecule has 1 aromatic carbocycles. The summed E-state index contributed by atoms with van der Waals surface area (Å²) in [5.41, 5.74) is 0. The van der Waals surface area contributed by atoms with Crippen LogP contribution in [-0.2, 0) is 10.0 Å². The highest BCUT2D eigenvalue weighted by atomic mass is 35.5. The van der Waals surface area contributed by atoms with Crippen LogP contribution in [0.2, 0.25) is 0 Å². The van der Waals surface area contributed by atoms with Crippen molar-refractivity contribution in [1.82, 2.24) is 9.62 Å². The van der Waals surface area contributed by atoms with Crippen molar-refractivity contribution in [1.29, 1.82) is 0 Å². The van der Waals surface area contributed by atoms with Gasteiger partial charge in [0, 0.05) is 24.0 Å². The molecule has 2 rings (SSSR count). The Hall–Kier alpha value is -0.270. The zero-order valence-corrected chi connectivity index (χ0v) is 14.2. The predicted octanol–water partition coefficient (Wildman–Crippen LogP) is 2.20. The zero-order valence-electron chi connectivity index (χ0n) is 11.7. The van der Waals surface area contributed by atoms with Crippen molar-refractivity contribution in [3.8, 4) is 0 Å². The number of rotatable bonds is 4. The lowest BCUT2D eigenvalue weighted by Crippen LogP contribution is -2.46. The van der Waals surface area contributed by atoms with Crippen LogP contribution >= 0.6 is 24.2 Å². The second kappa shape index (κ2) is 7.66. The van der Waals surface area contributed by atoms with E-state index < -0.39 is 10.0 Å². The van der Waals surface area contributed by atoms with E-state index >= 15 is 0 Å². The molecule has 0 aliphatic carbocycles. The molecule has 1 heterocycles. The van der Waals surface area contributed by atoms with E-state index in [1.165, 1.54) is 11.8 Å². The molecule has 1 fully saturated rings. The molecular weight excluding hydrogens is 316 g/mol. The van der Waals surface area contributed by atoms with Crippen LogP contribution < -0.4 is 5.32 Å². The van der Waals surface area contributed by atoms with Crippen LogP contribution in [0.4, 0.5) is 0 Å². The van der Waals surface area contributed by atoms with Gasteiger partial charge in [0.2, 0.25) is 10.0 Å². The second-order valence-electron chi connectivity index (χ2n) is 4.64. The lowest BCUT2D eigenvalue weighted by atomic mass is 10.1. The van der Waals surface area contributed by atoms with Crippen molar-refractivity contribution in [3.05, 3.63) is 24.3 Å². The number of nitrogens with one attached hydrogen (secondary N) is 1. The molecule has 1 atom stereocenters. The van der Waals surface area contributed by atoms with Crippen LogP contribution in [0.5, 0.6) is 0 Å². The number of benzene rings is 1. The van der Waals surface area contributed by atoms with Crippen molar-refractivity contribution in [2.75, 3.05) is 26.4 Å². The molecule has 1 N–H and O–H groups in total. The normalized spacial score (nSPS) is 20.4. The summed E-state index contributed by atoms with van der Waals surface area (Å²) in [6.07, 6.45) is 3.85. The SMILES string of the molecule is CNC1CCCN(S(=O)(=O)c2ccccc2SC)C1.Cl. The molecule has 0 radical (unpaired) electrons. The molecule has 1 saturated heterocycles. The molecule has 1 aromatic rings.